The minimum atomic E-state index is 0.220. The summed E-state index contributed by atoms with van der Waals surface area (Å²) < 4.78 is 5.23. The maximum atomic E-state index is 12.4. The lowest BCUT2D eigenvalue weighted by molar-refractivity contribution is -0.133. The number of pyridine rings is 1. The average Bonchev–Trinajstić information content (AvgIpc) is 3.12. The molecule has 1 aliphatic rings. The molecule has 26 heavy (non-hydrogen) atoms. The Labute approximate surface area is 154 Å². The van der Waals surface area contributed by atoms with Gasteiger partial charge >= 0.3 is 0 Å². The number of carbonyl (C=O) groups is 1. The van der Waals surface area contributed by atoms with Crippen molar-refractivity contribution in [1.82, 2.24) is 24.9 Å². The largest absolute Gasteiger partial charge is 0.340 e. The van der Waals surface area contributed by atoms with E-state index in [-0.39, 0.29) is 11.8 Å². The van der Waals surface area contributed by atoms with Gasteiger partial charge in [-0.15, -0.1) is 0 Å². The van der Waals surface area contributed by atoms with Crippen molar-refractivity contribution in [2.24, 2.45) is 0 Å². The van der Waals surface area contributed by atoms with Gasteiger partial charge in [0, 0.05) is 63.9 Å². The molecule has 1 amide bonds. The standard InChI is InChI=1S/C19H27N5O2/c1-15(2)19-21-17(26-22-19)4-3-5-18(25)24-12-10-23(11-13-24)14-16-6-8-20-9-7-16/h6-9,15H,3-5,10-14H2,1-2H3. The number of rotatable bonds is 7. The van der Waals surface area contributed by atoms with Crippen molar-refractivity contribution >= 4 is 5.91 Å². The molecular formula is C19H27N5O2. The zero-order chi connectivity index (χ0) is 18.4. The minimum Gasteiger partial charge on any atom is -0.340 e. The van der Waals surface area contributed by atoms with E-state index < -0.39 is 0 Å². The van der Waals surface area contributed by atoms with E-state index in [1.807, 2.05) is 43.3 Å². The monoisotopic (exact) mass is 357 g/mol. The minimum absolute atomic E-state index is 0.220. The molecule has 0 radical (unpaired) electrons. The van der Waals surface area contributed by atoms with Gasteiger partial charge in [-0.3, -0.25) is 14.7 Å². The Bertz CT molecular complexity index is 693. The van der Waals surface area contributed by atoms with Crippen LogP contribution in [0, 0.1) is 0 Å². The van der Waals surface area contributed by atoms with E-state index in [0.717, 1.165) is 45.0 Å². The number of amides is 1. The SMILES string of the molecule is CC(C)c1noc(CCCC(=O)N2CCN(Cc3ccncc3)CC2)n1. The summed E-state index contributed by atoms with van der Waals surface area (Å²) in [7, 11) is 0. The summed E-state index contributed by atoms with van der Waals surface area (Å²) in [6.07, 6.45) is 5.58. The van der Waals surface area contributed by atoms with Gasteiger partial charge in [0.2, 0.25) is 11.8 Å². The Morgan fingerprint density at radius 2 is 1.92 bits per heavy atom. The molecule has 1 aliphatic heterocycles. The summed E-state index contributed by atoms with van der Waals surface area (Å²) >= 11 is 0. The van der Waals surface area contributed by atoms with Gasteiger partial charge in [-0.2, -0.15) is 4.98 Å². The zero-order valence-corrected chi connectivity index (χ0v) is 15.6. The molecule has 0 unspecified atom stereocenters. The highest BCUT2D eigenvalue weighted by atomic mass is 16.5. The van der Waals surface area contributed by atoms with Crippen molar-refractivity contribution in [3.8, 4) is 0 Å². The van der Waals surface area contributed by atoms with Crippen molar-refractivity contribution in [2.45, 2.75) is 45.6 Å². The summed E-state index contributed by atoms with van der Waals surface area (Å²) in [4.78, 5) is 25.2. The maximum Gasteiger partial charge on any atom is 0.226 e. The lowest BCUT2D eigenvalue weighted by Gasteiger charge is -2.34. The van der Waals surface area contributed by atoms with Crippen molar-refractivity contribution in [2.75, 3.05) is 26.2 Å². The molecule has 0 spiro atoms. The van der Waals surface area contributed by atoms with Gasteiger partial charge in [0.25, 0.3) is 0 Å². The molecule has 1 fully saturated rings. The van der Waals surface area contributed by atoms with E-state index in [1.165, 1.54) is 5.56 Å². The Hall–Kier alpha value is -2.28. The first-order valence-corrected chi connectivity index (χ1v) is 9.33. The fourth-order valence-corrected chi connectivity index (χ4v) is 3.05. The highest BCUT2D eigenvalue weighted by Gasteiger charge is 2.21. The topological polar surface area (TPSA) is 75.4 Å². The van der Waals surface area contributed by atoms with Crippen LogP contribution in [0.2, 0.25) is 0 Å². The Balaban J connectivity index is 1.36. The molecule has 0 aromatic carbocycles. The molecule has 0 atom stereocenters. The zero-order valence-electron chi connectivity index (χ0n) is 15.6. The van der Waals surface area contributed by atoms with Crippen LogP contribution in [0.3, 0.4) is 0 Å². The number of aryl methyl sites for hydroxylation is 1. The van der Waals surface area contributed by atoms with Crippen LogP contribution in [0.25, 0.3) is 0 Å². The quantitative estimate of drug-likeness (QED) is 0.757. The van der Waals surface area contributed by atoms with Crippen molar-refractivity contribution < 1.29 is 9.32 Å². The fourth-order valence-electron chi connectivity index (χ4n) is 3.05. The first-order chi connectivity index (χ1) is 12.6. The highest BCUT2D eigenvalue weighted by Crippen LogP contribution is 2.13. The van der Waals surface area contributed by atoms with E-state index in [0.29, 0.717) is 18.7 Å². The smallest absolute Gasteiger partial charge is 0.226 e. The first-order valence-electron chi connectivity index (χ1n) is 9.33. The van der Waals surface area contributed by atoms with Gasteiger partial charge in [-0.05, 0) is 24.1 Å². The molecule has 7 nitrogen and oxygen atoms in total. The molecule has 140 valence electrons. The summed E-state index contributed by atoms with van der Waals surface area (Å²) in [5.41, 5.74) is 1.26. The van der Waals surface area contributed by atoms with E-state index in [2.05, 4.69) is 20.0 Å². The molecule has 0 aliphatic carbocycles. The normalized spacial score (nSPS) is 15.6. The van der Waals surface area contributed by atoms with E-state index in [9.17, 15) is 4.79 Å². The summed E-state index contributed by atoms with van der Waals surface area (Å²) in [5.74, 6) is 1.84. The van der Waals surface area contributed by atoms with Crippen LogP contribution in [0.15, 0.2) is 29.0 Å². The van der Waals surface area contributed by atoms with Gasteiger partial charge in [-0.1, -0.05) is 19.0 Å². The summed E-state index contributed by atoms with van der Waals surface area (Å²) in [6.45, 7) is 8.40. The van der Waals surface area contributed by atoms with E-state index in [4.69, 9.17) is 4.52 Å². The second-order valence-corrected chi connectivity index (χ2v) is 7.07. The van der Waals surface area contributed by atoms with Crippen molar-refractivity contribution in [3.05, 3.63) is 41.8 Å². The maximum absolute atomic E-state index is 12.4. The van der Waals surface area contributed by atoms with Crippen LogP contribution >= 0.6 is 0 Å². The molecule has 0 N–H and O–H groups in total. The van der Waals surface area contributed by atoms with E-state index >= 15 is 0 Å². The number of hydrogen-bond acceptors (Lipinski definition) is 6. The molecule has 0 saturated carbocycles. The van der Waals surface area contributed by atoms with Crippen molar-refractivity contribution in [3.63, 3.8) is 0 Å². The third kappa shape index (κ3) is 5.11. The summed E-state index contributed by atoms with van der Waals surface area (Å²) in [5, 5.41) is 3.96. The molecule has 1 saturated heterocycles. The Morgan fingerprint density at radius 3 is 2.58 bits per heavy atom. The molecule has 2 aromatic heterocycles. The van der Waals surface area contributed by atoms with Gasteiger partial charge in [0.1, 0.15) is 0 Å². The van der Waals surface area contributed by atoms with Gasteiger partial charge in [0.15, 0.2) is 5.82 Å². The lowest BCUT2D eigenvalue weighted by atomic mass is 10.2. The predicted octanol–water partition coefficient (Wildman–Crippen LogP) is 2.26. The number of aromatic nitrogens is 3. The van der Waals surface area contributed by atoms with Crippen LogP contribution in [0.5, 0.6) is 0 Å². The molecule has 3 heterocycles. The first kappa shape index (κ1) is 18.5. The van der Waals surface area contributed by atoms with Crippen LogP contribution < -0.4 is 0 Å². The molecule has 0 bridgehead atoms. The number of carbonyl (C=O) groups excluding carboxylic acids is 1. The number of piperazine rings is 1. The second kappa shape index (κ2) is 8.89. The van der Waals surface area contributed by atoms with Crippen molar-refractivity contribution in [1.29, 1.82) is 0 Å². The number of hydrogen-bond donors (Lipinski definition) is 0. The molecule has 2 aromatic rings. The third-order valence-electron chi connectivity index (χ3n) is 4.66. The van der Waals surface area contributed by atoms with Crippen LogP contribution in [-0.4, -0.2) is 57.0 Å². The van der Waals surface area contributed by atoms with Crippen LogP contribution in [-0.2, 0) is 17.8 Å². The van der Waals surface area contributed by atoms with E-state index in [1.54, 1.807) is 0 Å². The highest BCUT2D eigenvalue weighted by molar-refractivity contribution is 5.76. The second-order valence-electron chi connectivity index (χ2n) is 7.07. The Morgan fingerprint density at radius 1 is 1.19 bits per heavy atom. The Kier molecular flexibility index (Phi) is 6.33. The predicted molar refractivity (Wildman–Crippen MR) is 97.4 cm³/mol. The fraction of sp³-hybridized carbons (Fsp3) is 0.579. The molecular weight excluding hydrogens is 330 g/mol. The van der Waals surface area contributed by atoms with Gasteiger partial charge in [0.05, 0.1) is 0 Å². The summed E-state index contributed by atoms with van der Waals surface area (Å²) in [6, 6.07) is 4.08. The molecule has 3 rings (SSSR count). The molecule has 7 heteroatoms. The number of nitrogens with zero attached hydrogens (tertiary/aromatic N) is 5. The van der Waals surface area contributed by atoms with Gasteiger partial charge in [-0.25, -0.2) is 0 Å². The van der Waals surface area contributed by atoms with Gasteiger partial charge < -0.3 is 9.42 Å². The third-order valence-corrected chi connectivity index (χ3v) is 4.66. The average molecular weight is 357 g/mol. The van der Waals surface area contributed by atoms with Crippen LogP contribution in [0.4, 0.5) is 0 Å². The lowest BCUT2D eigenvalue weighted by Crippen LogP contribution is -2.48. The van der Waals surface area contributed by atoms with Crippen LogP contribution in [0.1, 0.15) is 49.9 Å².